The number of rotatable bonds is 3. The second kappa shape index (κ2) is 4.86. The van der Waals surface area contributed by atoms with Gasteiger partial charge in [0, 0.05) is 5.88 Å². The summed E-state index contributed by atoms with van der Waals surface area (Å²) < 4.78 is 9.69. The Morgan fingerprint density at radius 3 is 2.64 bits per heavy atom. The smallest absolute Gasteiger partial charge is 0.341 e. The van der Waals surface area contributed by atoms with E-state index < -0.39 is 5.97 Å². The van der Waals surface area contributed by atoms with E-state index in [4.69, 9.17) is 16.3 Å². The third-order valence-corrected chi connectivity index (χ3v) is 2.15. The van der Waals surface area contributed by atoms with Crippen LogP contribution in [-0.2, 0) is 10.6 Å². The van der Waals surface area contributed by atoms with Crippen LogP contribution in [0.15, 0.2) is 18.2 Å². The van der Waals surface area contributed by atoms with Gasteiger partial charge in [-0.15, -0.1) is 11.6 Å². The molecule has 0 aliphatic rings. The van der Waals surface area contributed by atoms with Gasteiger partial charge in [-0.25, -0.2) is 4.79 Å². The van der Waals surface area contributed by atoms with Crippen LogP contribution in [0, 0.1) is 0 Å². The minimum atomic E-state index is -0.432. The molecular weight excluding hydrogens is 204 g/mol. The molecule has 0 fully saturated rings. The van der Waals surface area contributed by atoms with Crippen molar-refractivity contribution in [2.75, 3.05) is 14.2 Å². The molecule has 0 radical (unpaired) electrons. The van der Waals surface area contributed by atoms with E-state index in [1.54, 1.807) is 18.2 Å². The largest absolute Gasteiger partial charge is 0.496 e. The van der Waals surface area contributed by atoms with E-state index in [0.29, 0.717) is 16.9 Å². The fraction of sp³-hybridized carbons (Fsp3) is 0.300. The van der Waals surface area contributed by atoms with E-state index in [1.165, 1.54) is 14.2 Å². The lowest BCUT2D eigenvalue weighted by Crippen LogP contribution is -2.07. The molecule has 0 spiro atoms. The highest BCUT2D eigenvalue weighted by Crippen LogP contribution is 2.24. The lowest BCUT2D eigenvalue weighted by molar-refractivity contribution is 0.0596. The summed E-state index contributed by atoms with van der Waals surface area (Å²) in [6.45, 7) is 0. The van der Waals surface area contributed by atoms with E-state index in [9.17, 15) is 4.79 Å². The van der Waals surface area contributed by atoms with Crippen molar-refractivity contribution in [3.8, 4) is 5.75 Å². The number of carbonyl (C=O) groups excluding carboxylic acids is 1. The Morgan fingerprint density at radius 1 is 1.43 bits per heavy atom. The number of alkyl halides is 1. The molecule has 0 saturated heterocycles. The molecule has 1 aromatic carbocycles. The maximum atomic E-state index is 11.4. The highest BCUT2D eigenvalue weighted by atomic mass is 35.5. The third-order valence-electron chi connectivity index (χ3n) is 1.87. The maximum Gasteiger partial charge on any atom is 0.341 e. The van der Waals surface area contributed by atoms with Crippen molar-refractivity contribution in [2.24, 2.45) is 0 Å². The van der Waals surface area contributed by atoms with Crippen molar-refractivity contribution in [1.29, 1.82) is 0 Å². The van der Waals surface area contributed by atoms with Crippen LogP contribution in [-0.4, -0.2) is 20.2 Å². The Morgan fingerprint density at radius 2 is 2.14 bits per heavy atom. The predicted molar refractivity (Wildman–Crippen MR) is 53.9 cm³/mol. The number of hydrogen-bond donors (Lipinski definition) is 0. The molecule has 0 atom stereocenters. The molecule has 76 valence electrons. The number of methoxy groups -OCH3 is 2. The van der Waals surface area contributed by atoms with Crippen LogP contribution in [0.2, 0.25) is 0 Å². The minimum absolute atomic E-state index is 0.252. The summed E-state index contributed by atoms with van der Waals surface area (Å²) in [4.78, 5) is 11.4. The van der Waals surface area contributed by atoms with Crippen LogP contribution in [0.4, 0.5) is 0 Å². The molecule has 0 aliphatic heterocycles. The Labute approximate surface area is 87.6 Å². The average molecular weight is 215 g/mol. The third kappa shape index (κ3) is 1.99. The van der Waals surface area contributed by atoms with Gasteiger partial charge in [-0.2, -0.15) is 0 Å². The normalized spacial score (nSPS) is 9.64. The van der Waals surface area contributed by atoms with Gasteiger partial charge < -0.3 is 9.47 Å². The second-order valence-electron chi connectivity index (χ2n) is 2.62. The van der Waals surface area contributed by atoms with Gasteiger partial charge >= 0.3 is 5.97 Å². The van der Waals surface area contributed by atoms with Gasteiger partial charge in [0.25, 0.3) is 0 Å². The van der Waals surface area contributed by atoms with Gasteiger partial charge in [0.1, 0.15) is 11.3 Å². The van der Waals surface area contributed by atoms with E-state index >= 15 is 0 Å². The molecule has 3 nitrogen and oxygen atoms in total. The molecule has 1 aromatic rings. The van der Waals surface area contributed by atoms with E-state index in [0.717, 1.165) is 0 Å². The summed E-state index contributed by atoms with van der Waals surface area (Å²) in [6.07, 6.45) is 0. The van der Waals surface area contributed by atoms with Crippen molar-refractivity contribution in [3.05, 3.63) is 29.3 Å². The first-order valence-electron chi connectivity index (χ1n) is 4.04. The number of benzene rings is 1. The number of halogens is 1. The average Bonchev–Trinajstić information content (AvgIpc) is 2.26. The summed E-state index contributed by atoms with van der Waals surface area (Å²) >= 11 is 5.70. The molecule has 0 aromatic heterocycles. The van der Waals surface area contributed by atoms with Gasteiger partial charge in [0.2, 0.25) is 0 Å². The quantitative estimate of drug-likeness (QED) is 0.572. The minimum Gasteiger partial charge on any atom is -0.496 e. The first-order valence-corrected chi connectivity index (χ1v) is 4.58. The van der Waals surface area contributed by atoms with Crippen LogP contribution in [0.5, 0.6) is 5.75 Å². The molecule has 0 heterocycles. The molecule has 0 aliphatic carbocycles. The van der Waals surface area contributed by atoms with Crippen LogP contribution < -0.4 is 4.74 Å². The van der Waals surface area contributed by atoms with Crippen molar-refractivity contribution < 1.29 is 14.3 Å². The first-order chi connectivity index (χ1) is 6.74. The van der Waals surface area contributed by atoms with Crippen LogP contribution in [0.25, 0.3) is 0 Å². The van der Waals surface area contributed by atoms with E-state index in [2.05, 4.69) is 4.74 Å². The van der Waals surface area contributed by atoms with Crippen molar-refractivity contribution in [1.82, 2.24) is 0 Å². The zero-order chi connectivity index (χ0) is 10.6. The maximum absolute atomic E-state index is 11.4. The lowest BCUT2D eigenvalue weighted by atomic mass is 10.1. The standard InChI is InChI=1S/C10H11ClO3/c1-13-8-5-3-4-7(6-11)9(8)10(12)14-2/h3-5H,6H2,1-2H3. The summed E-state index contributed by atoms with van der Waals surface area (Å²) in [7, 11) is 2.83. The Hall–Kier alpha value is -1.22. The van der Waals surface area contributed by atoms with Gasteiger partial charge in [-0.1, -0.05) is 12.1 Å². The summed E-state index contributed by atoms with van der Waals surface area (Å²) in [6, 6.07) is 5.24. The number of carbonyl (C=O) groups is 1. The number of hydrogen-bond acceptors (Lipinski definition) is 3. The Bertz CT molecular complexity index is 314. The Kier molecular flexibility index (Phi) is 3.77. The molecule has 0 amide bonds. The zero-order valence-corrected chi connectivity index (χ0v) is 8.80. The lowest BCUT2D eigenvalue weighted by Gasteiger charge is -2.09. The molecule has 4 heteroatoms. The van der Waals surface area contributed by atoms with Gasteiger partial charge in [-0.05, 0) is 11.6 Å². The molecule has 0 unspecified atom stereocenters. The monoisotopic (exact) mass is 214 g/mol. The molecular formula is C10H11ClO3. The highest BCUT2D eigenvalue weighted by Gasteiger charge is 2.16. The fourth-order valence-corrected chi connectivity index (χ4v) is 1.41. The fourth-order valence-electron chi connectivity index (χ4n) is 1.19. The predicted octanol–water partition coefficient (Wildman–Crippen LogP) is 2.22. The van der Waals surface area contributed by atoms with Crippen molar-refractivity contribution in [3.63, 3.8) is 0 Å². The van der Waals surface area contributed by atoms with Gasteiger partial charge in [-0.3, -0.25) is 0 Å². The van der Waals surface area contributed by atoms with Crippen molar-refractivity contribution in [2.45, 2.75) is 5.88 Å². The molecule has 0 N–H and O–H groups in total. The zero-order valence-electron chi connectivity index (χ0n) is 8.04. The summed E-state index contributed by atoms with van der Waals surface area (Å²) in [5.41, 5.74) is 1.10. The van der Waals surface area contributed by atoms with Gasteiger partial charge in [0.05, 0.1) is 14.2 Å². The topological polar surface area (TPSA) is 35.5 Å². The summed E-state index contributed by atoms with van der Waals surface area (Å²) in [5, 5.41) is 0. The molecule has 1 rings (SSSR count). The van der Waals surface area contributed by atoms with E-state index in [1.807, 2.05) is 0 Å². The van der Waals surface area contributed by atoms with E-state index in [-0.39, 0.29) is 5.88 Å². The van der Waals surface area contributed by atoms with Crippen molar-refractivity contribution >= 4 is 17.6 Å². The first kappa shape index (κ1) is 10.9. The summed E-state index contributed by atoms with van der Waals surface area (Å²) in [5.74, 6) is 0.301. The van der Waals surface area contributed by atoms with Gasteiger partial charge in [0.15, 0.2) is 0 Å². The molecule has 0 saturated carbocycles. The molecule has 0 bridgehead atoms. The Balaban J connectivity index is 3.25. The van der Waals surface area contributed by atoms with Crippen LogP contribution >= 0.6 is 11.6 Å². The number of esters is 1. The van der Waals surface area contributed by atoms with Crippen LogP contribution in [0.1, 0.15) is 15.9 Å². The molecule has 14 heavy (non-hydrogen) atoms. The number of ether oxygens (including phenoxy) is 2. The SMILES string of the molecule is COC(=O)c1c(CCl)cccc1OC. The van der Waals surface area contributed by atoms with Crippen LogP contribution in [0.3, 0.4) is 0 Å². The highest BCUT2D eigenvalue weighted by molar-refractivity contribution is 6.17. The second-order valence-corrected chi connectivity index (χ2v) is 2.89.